The van der Waals surface area contributed by atoms with Crippen molar-refractivity contribution >= 4 is 35.4 Å². The van der Waals surface area contributed by atoms with Gasteiger partial charge in [-0.05, 0) is 42.8 Å². The highest BCUT2D eigenvalue weighted by Crippen LogP contribution is 2.29. The maximum absolute atomic E-state index is 12.5. The van der Waals surface area contributed by atoms with Crippen LogP contribution in [0.2, 0.25) is 0 Å². The van der Waals surface area contributed by atoms with Crippen molar-refractivity contribution < 1.29 is 19.1 Å². The van der Waals surface area contributed by atoms with Gasteiger partial charge in [0.25, 0.3) is 0 Å². The van der Waals surface area contributed by atoms with Crippen molar-refractivity contribution in [3.8, 4) is 11.5 Å². The number of ether oxygens (including phenoxy) is 2. The monoisotopic (exact) mass is 361 g/mol. The molecule has 1 saturated carbocycles. The van der Waals surface area contributed by atoms with Crippen molar-refractivity contribution in [3.63, 3.8) is 0 Å². The molecule has 1 aliphatic heterocycles. The molecular formula is C17H19N3O4S. The zero-order valence-corrected chi connectivity index (χ0v) is 14.8. The lowest BCUT2D eigenvalue weighted by atomic mass is 10.1. The van der Waals surface area contributed by atoms with E-state index in [1.54, 1.807) is 20.3 Å². The van der Waals surface area contributed by atoms with Crippen LogP contribution in [0.5, 0.6) is 11.5 Å². The summed E-state index contributed by atoms with van der Waals surface area (Å²) in [4.78, 5) is 30.4. The molecule has 1 aliphatic carbocycles. The van der Waals surface area contributed by atoms with Crippen LogP contribution in [-0.4, -0.2) is 48.3 Å². The van der Waals surface area contributed by atoms with E-state index in [9.17, 15) is 9.59 Å². The highest BCUT2D eigenvalue weighted by molar-refractivity contribution is 7.80. The van der Waals surface area contributed by atoms with Gasteiger partial charge in [0, 0.05) is 18.3 Å². The first-order valence-corrected chi connectivity index (χ1v) is 8.34. The summed E-state index contributed by atoms with van der Waals surface area (Å²) in [5, 5.41) is 2.78. The number of methoxy groups -OCH3 is 2. The van der Waals surface area contributed by atoms with E-state index >= 15 is 0 Å². The molecule has 1 N–H and O–H groups in total. The summed E-state index contributed by atoms with van der Waals surface area (Å²) in [5.41, 5.74) is 0.852. The summed E-state index contributed by atoms with van der Waals surface area (Å²) in [7, 11) is 3.14. The van der Waals surface area contributed by atoms with Crippen LogP contribution in [0.3, 0.4) is 0 Å². The smallest absolute Gasteiger partial charge is 0.247 e. The molecular weight excluding hydrogens is 342 g/mol. The third-order valence-corrected chi connectivity index (χ3v) is 4.39. The molecule has 132 valence electrons. The normalized spacial score (nSPS) is 20.8. The minimum absolute atomic E-state index is 0.110. The molecule has 1 aromatic carbocycles. The second-order valence-electron chi connectivity index (χ2n) is 5.92. The summed E-state index contributed by atoms with van der Waals surface area (Å²) in [6, 6.07) is 5.53. The number of hydrogen-bond donors (Lipinski definition) is 1. The van der Waals surface area contributed by atoms with E-state index in [0.717, 1.165) is 18.4 Å². The highest BCUT2D eigenvalue weighted by Gasteiger charge is 2.44. The number of thiocarbonyl (C=S) groups is 1. The van der Waals surface area contributed by atoms with E-state index in [1.807, 2.05) is 12.1 Å². The van der Waals surface area contributed by atoms with E-state index in [1.165, 1.54) is 11.1 Å². The number of nitrogens with one attached hydrogen (secondary N) is 1. The molecule has 0 bridgehead atoms. The lowest BCUT2D eigenvalue weighted by Crippen LogP contribution is -2.58. The largest absolute Gasteiger partial charge is 0.497 e. The predicted molar refractivity (Wildman–Crippen MR) is 95.8 cm³/mol. The first-order valence-electron chi connectivity index (χ1n) is 7.93. The second kappa shape index (κ2) is 7.18. The lowest BCUT2D eigenvalue weighted by Gasteiger charge is -2.30. The molecule has 2 fully saturated rings. The van der Waals surface area contributed by atoms with Crippen molar-refractivity contribution in [2.24, 2.45) is 10.9 Å². The zero-order valence-electron chi connectivity index (χ0n) is 14.0. The number of nitrogens with zero attached hydrogens (tertiary/aromatic N) is 2. The van der Waals surface area contributed by atoms with E-state index in [0.29, 0.717) is 18.0 Å². The van der Waals surface area contributed by atoms with Crippen LogP contribution < -0.4 is 14.8 Å². The van der Waals surface area contributed by atoms with E-state index in [4.69, 9.17) is 21.7 Å². The van der Waals surface area contributed by atoms with Gasteiger partial charge in [0.15, 0.2) is 11.0 Å². The molecule has 1 aromatic rings. The average Bonchev–Trinajstić information content (AvgIpc) is 3.42. The average molecular weight is 361 g/mol. The molecule has 25 heavy (non-hydrogen) atoms. The van der Waals surface area contributed by atoms with Crippen molar-refractivity contribution in [1.29, 1.82) is 0 Å². The van der Waals surface area contributed by atoms with Crippen LogP contribution in [0.25, 0.3) is 0 Å². The first-order chi connectivity index (χ1) is 12.0. The van der Waals surface area contributed by atoms with Crippen LogP contribution in [0.1, 0.15) is 18.4 Å². The Bertz CT molecular complexity index is 723. The van der Waals surface area contributed by atoms with Gasteiger partial charge in [-0.2, -0.15) is 0 Å². The van der Waals surface area contributed by atoms with Gasteiger partial charge < -0.3 is 14.8 Å². The molecule has 1 heterocycles. The number of aliphatic imine (C=N–C) groups is 1. The van der Waals surface area contributed by atoms with Gasteiger partial charge in [-0.15, -0.1) is 0 Å². The Kier molecular flexibility index (Phi) is 4.98. The Morgan fingerprint density at radius 2 is 1.88 bits per heavy atom. The van der Waals surface area contributed by atoms with Gasteiger partial charge in [0.1, 0.15) is 11.5 Å². The maximum atomic E-state index is 12.5. The minimum Gasteiger partial charge on any atom is -0.497 e. The fraction of sp³-hybridized carbons (Fsp3) is 0.412. The standard InChI is InChI=1S/C17H19N3O4S/c1-23-12-5-10(6-13(7-12)24-2)8-18-9-14-15(21)19-17(25)20(16(14)22)11-3-4-11/h5-7,9,11,14H,3-4,8H2,1-2H3,(H,19,21,25). The highest BCUT2D eigenvalue weighted by atomic mass is 32.1. The molecule has 2 amide bonds. The van der Waals surface area contributed by atoms with Gasteiger partial charge in [-0.1, -0.05) is 0 Å². The SMILES string of the molecule is COc1cc(CN=CC2C(=O)NC(=S)N(C3CC3)C2=O)cc(OC)c1. The molecule has 7 nitrogen and oxygen atoms in total. The number of carbonyl (C=O) groups excluding carboxylic acids is 2. The van der Waals surface area contributed by atoms with Gasteiger partial charge >= 0.3 is 0 Å². The van der Waals surface area contributed by atoms with Crippen molar-refractivity contribution in [2.75, 3.05) is 14.2 Å². The van der Waals surface area contributed by atoms with E-state index in [2.05, 4.69) is 10.3 Å². The number of amides is 2. The molecule has 0 aromatic heterocycles. The Morgan fingerprint density at radius 1 is 1.24 bits per heavy atom. The van der Waals surface area contributed by atoms with Crippen LogP contribution in [-0.2, 0) is 16.1 Å². The van der Waals surface area contributed by atoms with Crippen LogP contribution in [0, 0.1) is 5.92 Å². The van der Waals surface area contributed by atoms with Crippen LogP contribution in [0.4, 0.5) is 0 Å². The van der Waals surface area contributed by atoms with Crippen LogP contribution in [0.15, 0.2) is 23.2 Å². The quantitative estimate of drug-likeness (QED) is 0.469. The molecule has 8 heteroatoms. The predicted octanol–water partition coefficient (Wildman–Crippen LogP) is 1.30. The molecule has 0 spiro atoms. The number of benzene rings is 1. The molecule has 0 radical (unpaired) electrons. The van der Waals surface area contributed by atoms with Crippen molar-refractivity contribution in [3.05, 3.63) is 23.8 Å². The lowest BCUT2D eigenvalue weighted by molar-refractivity contribution is -0.138. The number of rotatable bonds is 6. The van der Waals surface area contributed by atoms with Crippen LogP contribution >= 0.6 is 12.2 Å². The van der Waals surface area contributed by atoms with E-state index < -0.39 is 11.8 Å². The third-order valence-electron chi connectivity index (χ3n) is 4.09. The Morgan fingerprint density at radius 3 is 2.44 bits per heavy atom. The maximum Gasteiger partial charge on any atom is 0.247 e. The fourth-order valence-corrected chi connectivity index (χ4v) is 2.98. The third kappa shape index (κ3) is 3.79. The van der Waals surface area contributed by atoms with Gasteiger partial charge in [-0.25, -0.2) is 0 Å². The Labute approximate surface area is 151 Å². The molecule has 1 saturated heterocycles. The summed E-state index contributed by atoms with van der Waals surface area (Å²) in [6.07, 6.45) is 3.21. The van der Waals surface area contributed by atoms with Gasteiger partial charge in [0.05, 0.1) is 20.8 Å². The summed E-state index contributed by atoms with van der Waals surface area (Å²) < 4.78 is 10.4. The van der Waals surface area contributed by atoms with Crippen molar-refractivity contribution in [2.45, 2.75) is 25.4 Å². The van der Waals surface area contributed by atoms with Gasteiger partial charge in [-0.3, -0.25) is 19.5 Å². The Balaban J connectivity index is 1.71. The molecule has 3 rings (SSSR count). The summed E-state index contributed by atoms with van der Waals surface area (Å²) in [6.45, 7) is 0.304. The Hall–Kier alpha value is -2.48. The van der Waals surface area contributed by atoms with Crippen molar-refractivity contribution in [1.82, 2.24) is 10.2 Å². The molecule has 2 aliphatic rings. The summed E-state index contributed by atoms with van der Waals surface area (Å²) in [5.74, 6) is -0.371. The molecule has 1 atom stereocenters. The topological polar surface area (TPSA) is 80.2 Å². The minimum atomic E-state index is -0.945. The fourth-order valence-electron chi connectivity index (χ4n) is 2.64. The number of carbonyl (C=O) groups is 2. The summed E-state index contributed by atoms with van der Waals surface area (Å²) >= 11 is 5.10. The zero-order chi connectivity index (χ0) is 18.0. The van der Waals surface area contributed by atoms with Gasteiger partial charge in [0.2, 0.25) is 11.8 Å². The second-order valence-corrected chi connectivity index (χ2v) is 6.31. The van der Waals surface area contributed by atoms with E-state index in [-0.39, 0.29) is 17.1 Å². The first kappa shape index (κ1) is 17.3. The molecule has 1 unspecified atom stereocenters. The number of hydrogen-bond acceptors (Lipinski definition) is 6.